The van der Waals surface area contributed by atoms with Gasteiger partial charge in [0.05, 0.1) is 23.1 Å². The molecule has 40 heavy (non-hydrogen) atoms. The highest BCUT2D eigenvalue weighted by Gasteiger charge is 2.16. The third-order valence-corrected chi connectivity index (χ3v) is 6.78. The van der Waals surface area contributed by atoms with Crippen LogP contribution in [0.4, 0.5) is 4.39 Å². The standard InChI is InChI=1S/C32H22FN5O2/c33-22-11-20(12-23(39)14-22)25-7-4-8-28-26(25)15-30(35-28)32-31-29(37-38-32)10-9-27(36-31)21-13-24(17-34-16-21)40-18-19-5-2-1-3-6-19/h1-17,35,39H,18H2,(H,37,38). The van der Waals surface area contributed by atoms with Gasteiger partial charge in [0.15, 0.2) is 0 Å². The van der Waals surface area contributed by atoms with Crippen molar-refractivity contribution in [3.8, 4) is 45.3 Å². The highest BCUT2D eigenvalue weighted by atomic mass is 19.1. The van der Waals surface area contributed by atoms with E-state index in [0.29, 0.717) is 29.1 Å². The minimum Gasteiger partial charge on any atom is -0.508 e. The number of aromatic amines is 2. The predicted molar refractivity (Wildman–Crippen MR) is 152 cm³/mol. The number of benzene rings is 3. The molecule has 0 atom stereocenters. The Labute approximate surface area is 228 Å². The maximum atomic E-state index is 14.0. The fraction of sp³-hybridized carbons (Fsp3) is 0.0312. The second-order valence-electron chi connectivity index (χ2n) is 9.50. The highest BCUT2D eigenvalue weighted by molar-refractivity contribution is 6.00. The predicted octanol–water partition coefficient (Wildman–Crippen LogP) is 7.26. The summed E-state index contributed by atoms with van der Waals surface area (Å²) < 4.78 is 20.0. The van der Waals surface area contributed by atoms with E-state index >= 15 is 0 Å². The Morgan fingerprint density at radius 3 is 2.60 bits per heavy atom. The Morgan fingerprint density at radius 2 is 1.73 bits per heavy atom. The number of phenolic OH excluding ortho intramolecular Hbond substituents is 1. The lowest BCUT2D eigenvalue weighted by molar-refractivity contribution is 0.305. The first-order chi connectivity index (χ1) is 19.6. The van der Waals surface area contributed by atoms with Crippen molar-refractivity contribution in [3.05, 3.63) is 115 Å². The summed E-state index contributed by atoms with van der Waals surface area (Å²) in [6, 6.07) is 27.5. The van der Waals surface area contributed by atoms with E-state index in [4.69, 9.17) is 9.72 Å². The Bertz CT molecular complexity index is 1980. The van der Waals surface area contributed by atoms with E-state index in [0.717, 1.165) is 50.6 Å². The first kappa shape index (κ1) is 23.6. The largest absolute Gasteiger partial charge is 0.508 e. The first-order valence-electron chi connectivity index (χ1n) is 12.7. The third kappa shape index (κ3) is 4.41. The zero-order chi connectivity index (χ0) is 27.1. The van der Waals surface area contributed by atoms with Gasteiger partial charge < -0.3 is 14.8 Å². The Morgan fingerprint density at radius 1 is 0.825 bits per heavy atom. The van der Waals surface area contributed by atoms with Crippen LogP contribution in [0, 0.1) is 5.82 Å². The van der Waals surface area contributed by atoms with E-state index in [1.807, 2.05) is 72.8 Å². The van der Waals surface area contributed by atoms with E-state index in [1.165, 1.54) is 6.07 Å². The van der Waals surface area contributed by atoms with E-state index in [9.17, 15) is 9.50 Å². The number of rotatable bonds is 6. The van der Waals surface area contributed by atoms with Crippen molar-refractivity contribution in [3.63, 3.8) is 0 Å². The summed E-state index contributed by atoms with van der Waals surface area (Å²) in [4.78, 5) is 12.7. The summed E-state index contributed by atoms with van der Waals surface area (Å²) in [5, 5.41) is 18.4. The number of halogens is 1. The fourth-order valence-electron chi connectivity index (χ4n) is 4.89. The van der Waals surface area contributed by atoms with Crippen LogP contribution in [0.1, 0.15) is 5.56 Å². The molecule has 0 radical (unpaired) electrons. The first-order valence-corrected chi connectivity index (χ1v) is 12.7. The van der Waals surface area contributed by atoms with Gasteiger partial charge in [0.1, 0.15) is 35.1 Å². The molecular formula is C32H22FN5O2. The summed E-state index contributed by atoms with van der Waals surface area (Å²) >= 11 is 0. The van der Waals surface area contributed by atoms with Gasteiger partial charge >= 0.3 is 0 Å². The topological polar surface area (TPSA) is 99.7 Å². The number of hydrogen-bond acceptors (Lipinski definition) is 5. The summed E-state index contributed by atoms with van der Waals surface area (Å²) in [5.74, 6) is 0.0332. The molecule has 0 amide bonds. The highest BCUT2D eigenvalue weighted by Crippen LogP contribution is 2.35. The average molecular weight is 528 g/mol. The molecule has 7 nitrogen and oxygen atoms in total. The van der Waals surface area contributed by atoms with Gasteiger partial charge in [-0.1, -0.05) is 42.5 Å². The lowest BCUT2D eigenvalue weighted by Gasteiger charge is -2.08. The van der Waals surface area contributed by atoms with Crippen molar-refractivity contribution in [1.29, 1.82) is 0 Å². The van der Waals surface area contributed by atoms with E-state index in [2.05, 4.69) is 20.2 Å². The van der Waals surface area contributed by atoms with Gasteiger partial charge in [0.2, 0.25) is 0 Å². The normalized spacial score (nSPS) is 11.3. The van der Waals surface area contributed by atoms with Crippen LogP contribution >= 0.6 is 0 Å². The molecule has 0 saturated heterocycles. The van der Waals surface area contributed by atoms with Crippen molar-refractivity contribution in [2.24, 2.45) is 0 Å². The molecule has 3 aromatic carbocycles. The number of nitrogens with zero attached hydrogens (tertiary/aromatic N) is 3. The zero-order valence-corrected chi connectivity index (χ0v) is 21.1. The van der Waals surface area contributed by atoms with Crippen LogP contribution in [0.25, 0.3) is 55.7 Å². The quantitative estimate of drug-likeness (QED) is 0.211. The van der Waals surface area contributed by atoms with Gasteiger partial charge in [0.25, 0.3) is 0 Å². The molecule has 4 heterocycles. The maximum Gasteiger partial charge on any atom is 0.138 e. The third-order valence-electron chi connectivity index (χ3n) is 6.78. The van der Waals surface area contributed by atoms with Crippen molar-refractivity contribution in [1.82, 2.24) is 25.1 Å². The summed E-state index contributed by atoms with van der Waals surface area (Å²) in [6.07, 6.45) is 3.45. The second kappa shape index (κ2) is 9.67. The summed E-state index contributed by atoms with van der Waals surface area (Å²) in [6.45, 7) is 0.446. The lowest BCUT2D eigenvalue weighted by atomic mass is 10.0. The number of pyridine rings is 2. The molecule has 0 bridgehead atoms. The number of nitrogens with one attached hydrogen (secondary N) is 2. The monoisotopic (exact) mass is 527 g/mol. The number of fused-ring (bicyclic) bond motifs is 2. The van der Waals surface area contributed by atoms with E-state index in [1.54, 1.807) is 18.5 Å². The Kier molecular flexibility index (Phi) is 5.70. The van der Waals surface area contributed by atoms with Crippen LogP contribution in [0.3, 0.4) is 0 Å². The number of aromatic nitrogens is 5. The smallest absolute Gasteiger partial charge is 0.138 e. The number of aromatic hydroxyl groups is 1. The summed E-state index contributed by atoms with van der Waals surface area (Å²) in [7, 11) is 0. The molecule has 0 aliphatic carbocycles. The number of ether oxygens (including phenoxy) is 1. The van der Waals surface area contributed by atoms with Crippen LogP contribution < -0.4 is 4.74 Å². The fourth-order valence-corrected chi connectivity index (χ4v) is 4.89. The lowest BCUT2D eigenvalue weighted by Crippen LogP contribution is -1.96. The SMILES string of the molecule is Oc1cc(F)cc(-c2cccc3[nH]c(-c4n[nH]c5ccc(-c6cncc(OCc7ccccc7)c6)nc45)cc23)c1. The molecule has 0 fully saturated rings. The van der Waals surface area contributed by atoms with Crippen LogP contribution in [0.15, 0.2) is 103 Å². The Hall–Kier alpha value is -5.50. The zero-order valence-electron chi connectivity index (χ0n) is 21.1. The van der Waals surface area contributed by atoms with Crippen molar-refractivity contribution < 1.29 is 14.2 Å². The van der Waals surface area contributed by atoms with Crippen LogP contribution in [0.5, 0.6) is 11.5 Å². The van der Waals surface area contributed by atoms with Gasteiger partial charge in [-0.25, -0.2) is 9.37 Å². The van der Waals surface area contributed by atoms with Crippen molar-refractivity contribution in [2.45, 2.75) is 6.61 Å². The molecule has 4 aromatic heterocycles. The second-order valence-corrected chi connectivity index (χ2v) is 9.50. The number of hydrogen-bond donors (Lipinski definition) is 3. The van der Waals surface area contributed by atoms with Crippen molar-refractivity contribution >= 4 is 21.9 Å². The number of H-pyrrole nitrogens is 2. The molecule has 194 valence electrons. The van der Waals surface area contributed by atoms with Gasteiger partial charge in [0, 0.05) is 28.7 Å². The molecule has 7 aromatic rings. The average Bonchev–Trinajstić information content (AvgIpc) is 3.60. The maximum absolute atomic E-state index is 14.0. The van der Waals surface area contributed by atoms with Crippen LogP contribution in [0.2, 0.25) is 0 Å². The number of phenols is 1. The molecule has 0 aliphatic heterocycles. The van der Waals surface area contributed by atoms with Gasteiger partial charge in [-0.2, -0.15) is 5.10 Å². The molecule has 0 spiro atoms. The molecule has 8 heteroatoms. The molecule has 0 saturated carbocycles. The summed E-state index contributed by atoms with van der Waals surface area (Å²) in [5.41, 5.74) is 7.78. The molecular weight excluding hydrogens is 505 g/mol. The molecule has 0 unspecified atom stereocenters. The van der Waals surface area contributed by atoms with Crippen molar-refractivity contribution in [2.75, 3.05) is 0 Å². The van der Waals surface area contributed by atoms with Gasteiger partial charge in [-0.3, -0.25) is 10.1 Å². The van der Waals surface area contributed by atoms with E-state index < -0.39 is 5.82 Å². The van der Waals surface area contributed by atoms with Crippen LogP contribution in [-0.2, 0) is 6.61 Å². The minimum absolute atomic E-state index is 0.123. The van der Waals surface area contributed by atoms with Gasteiger partial charge in [-0.05, 0) is 59.2 Å². The van der Waals surface area contributed by atoms with E-state index in [-0.39, 0.29) is 5.75 Å². The molecule has 3 N–H and O–H groups in total. The minimum atomic E-state index is -0.498. The molecule has 7 rings (SSSR count). The molecule has 0 aliphatic rings. The van der Waals surface area contributed by atoms with Gasteiger partial charge in [-0.15, -0.1) is 0 Å². The van der Waals surface area contributed by atoms with Crippen LogP contribution in [-0.4, -0.2) is 30.3 Å². The Balaban J connectivity index is 1.25.